The lowest BCUT2D eigenvalue weighted by atomic mass is 9.94. The zero-order valence-corrected chi connectivity index (χ0v) is 16.8. The van der Waals surface area contributed by atoms with Crippen molar-refractivity contribution in [2.24, 2.45) is 0 Å². The van der Waals surface area contributed by atoms with Crippen molar-refractivity contribution in [3.63, 3.8) is 0 Å². The molecule has 2 aromatic carbocycles. The standard InChI is InChI=1S/C20H20ClN3O2S/c1-11-15(21)5-4-6-16(11)23-19(25)17-12(2)22-20(27)24-18(17)13-7-9-14(26-3)10-8-13/h4-10,18H,1-3H3,(H,23,25)(H2,22,24,27)/t18-/m1/s1. The second kappa shape index (κ2) is 7.98. The Bertz CT molecular complexity index is 925. The molecule has 0 aromatic heterocycles. The highest BCUT2D eigenvalue weighted by Crippen LogP contribution is 2.30. The van der Waals surface area contributed by atoms with Gasteiger partial charge in [-0.3, -0.25) is 4.79 Å². The van der Waals surface area contributed by atoms with Gasteiger partial charge in [0.2, 0.25) is 0 Å². The van der Waals surface area contributed by atoms with E-state index in [4.69, 9.17) is 28.6 Å². The largest absolute Gasteiger partial charge is 0.497 e. The molecule has 27 heavy (non-hydrogen) atoms. The van der Waals surface area contributed by atoms with E-state index in [0.29, 0.717) is 27.1 Å². The van der Waals surface area contributed by atoms with E-state index in [2.05, 4.69) is 16.0 Å². The molecular weight excluding hydrogens is 382 g/mol. The molecular formula is C20H20ClN3O2S. The molecule has 1 heterocycles. The number of ether oxygens (including phenoxy) is 1. The molecule has 0 radical (unpaired) electrons. The number of hydrogen-bond acceptors (Lipinski definition) is 3. The van der Waals surface area contributed by atoms with Gasteiger partial charge in [-0.2, -0.15) is 0 Å². The van der Waals surface area contributed by atoms with Crippen molar-refractivity contribution in [2.75, 3.05) is 12.4 Å². The van der Waals surface area contributed by atoms with Gasteiger partial charge in [0.05, 0.1) is 18.7 Å². The van der Waals surface area contributed by atoms with Gasteiger partial charge < -0.3 is 20.7 Å². The van der Waals surface area contributed by atoms with E-state index in [1.807, 2.05) is 44.2 Å². The topological polar surface area (TPSA) is 62.4 Å². The maximum atomic E-state index is 13.1. The summed E-state index contributed by atoms with van der Waals surface area (Å²) in [4.78, 5) is 13.1. The molecule has 0 aliphatic carbocycles. The first kappa shape index (κ1) is 19.2. The predicted molar refractivity (Wildman–Crippen MR) is 112 cm³/mol. The number of thiocarbonyl (C=S) groups is 1. The predicted octanol–water partition coefficient (Wildman–Crippen LogP) is 4.09. The third kappa shape index (κ3) is 4.07. The van der Waals surface area contributed by atoms with Crippen LogP contribution in [0.25, 0.3) is 0 Å². The van der Waals surface area contributed by atoms with E-state index in [0.717, 1.165) is 16.9 Å². The quantitative estimate of drug-likeness (QED) is 0.673. The highest BCUT2D eigenvalue weighted by Gasteiger charge is 2.30. The molecule has 2 aromatic rings. The number of hydrogen-bond donors (Lipinski definition) is 3. The number of halogens is 1. The molecule has 5 nitrogen and oxygen atoms in total. The van der Waals surface area contributed by atoms with Crippen molar-refractivity contribution in [1.29, 1.82) is 0 Å². The fourth-order valence-corrected chi connectivity index (χ4v) is 3.42. The van der Waals surface area contributed by atoms with Crippen LogP contribution in [0.2, 0.25) is 5.02 Å². The zero-order valence-electron chi connectivity index (χ0n) is 15.2. The van der Waals surface area contributed by atoms with Crippen LogP contribution < -0.4 is 20.7 Å². The van der Waals surface area contributed by atoms with Gasteiger partial charge in [0, 0.05) is 16.4 Å². The molecule has 0 bridgehead atoms. The summed E-state index contributed by atoms with van der Waals surface area (Å²) in [6, 6.07) is 12.6. The minimum atomic E-state index is -0.371. The smallest absolute Gasteiger partial charge is 0.255 e. The Hall–Kier alpha value is -2.57. The summed E-state index contributed by atoms with van der Waals surface area (Å²) in [6.45, 7) is 3.70. The van der Waals surface area contributed by atoms with Gasteiger partial charge in [-0.15, -0.1) is 0 Å². The van der Waals surface area contributed by atoms with Gasteiger partial charge in [-0.05, 0) is 61.5 Å². The van der Waals surface area contributed by atoms with Gasteiger partial charge in [-0.1, -0.05) is 29.8 Å². The third-order valence-electron chi connectivity index (χ3n) is 4.48. The van der Waals surface area contributed by atoms with E-state index >= 15 is 0 Å². The van der Waals surface area contributed by atoms with Gasteiger partial charge >= 0.3 is 0 Å². The van der Waals surface area contributed by atoms with Crippen molar-refractivity contribution in [2.45, 2.75) is 19.9 Å². The molecule has 140 valence electrons. The maximum absolute atomic E-state index is 13.1. The summed E-state index contributed by atoms with van der Waals surface area (Å²) in [5, 5.41) is 10.2. The minimum absolute atomic E-state index is 0.221. The lowest BCUT2D eigenvalue weighted by molar-refractivity contribution is -0.113. The van der Waals surface area contributed by atoms with Crippen LogP contribution in [0, 0.1) is 6.92 Å². The fourth-order valence-electron chi connectivity index (χ4n) is 2.97. The summed E-state index contributed by atoms with van der Waals surface area (Å²) in [7, 11) is 1.61. The summed E-state index contributed by atoms with van der Waals surface area (Å²) >= 11 is 11.5. The minimum Gasteiger partial charge on any atom is -0.497 e. The molecule has 3 N–H and O–H groups in total. The van der Waals surface area contributed by atoms with Crippen LogP contribution >= 0.6 is 23.8 Å². The van der Waals surface area contributed by atoms with Gasteiger partial charge in [0.25, 0.3) is 5.91 Å². The van der Waals surface area contributed by atoms with Crippen molar-refractivity contribution in [1.82, 2.24) is 10.6 Å². The van der Waals surface area contributed by atoms with Crippen LogP contribution in [0.1, 0.15) is 24.1 Å². The first-order chi connectivity index (χ1) is 12.9. The van der Waals surface area contributed by atoms with E-state index in [9.17, 15) is 4.79 Å². The molecule has 0 spiro atoms. The number of allylic oxidation sites excluding steroid dienone is 1. The van der Waals surface area contributed by atoms with E-state index in [1.54, 1.807) is 19.2 Å². The lowest BCUT2D eigenvalue weighted by Crippen LogP contribution is -2.45. The molecule has 0 fully saturated rings. The summed E-state index contributed by atoms with van der Waals surface area (Å²) in [5.74, 6) is 0.526. The average molecular weight is 402 g/mol. The summed E-state index contributed by atoms with van der Waals surface area (Å²) < 4.78 is 5.21. The molecule has 1 atom stereocenters. The number of carbonyl (C=O) groups excluding carboxylic acids is 1. The van der Waals surface area contributed by atoms with Crippen molar-refractivity contribution in [3.05, 3.63) is 69.9 Å². The number of anilines is 1. The number of carbonyl (C=O) groups is 1. The Morgan fingerprint density at radius 1 is 1.19 bits per heavy atom. The van der Waals surface area contributed by atoms with Crippen molar-refractivity contribution in [3.8, 4) is 5.75 Å². The SMILES string of the molecule is COc1ccc([C@H]2NC(=S)NC(C)=C2C(=O)Nc2cccc(Cl)c2C)cc1. The highest BCUT2D eigenvalue weighted by molar-refractivity contribution is 7.80. The second-order valence-corrected chi connectivity index (χ2v) is 7.03. The number of benzene rings is 2. The van der Waals surface area contributed by atoms with Gasteiger partial charge in [0.1, 0.15) is 5.75 Å². The number of methoxy groups -OCH3 is 1. The van der Waals surface area contributed by atoms with Crippen LogP contribution in [-0.4, -0.2) is 18.1 Å². The van der Waals surface area contributed by atoms with Crippen LogP contribution in [0.15, 0.2) is 53.7 Å². The van der Waals surface area contributed by atoms with Crippen molar-refractivity contribution < 1.29 is 9.53 Å². The monoisotopic (exact) mass is 401 g/mol. The van der Waals surface area contributed by atoms with Crippen LogP contribution in [0.3, 0.4) is 0 Å². The fraction of sp³-hybridized carbons (Fsp3) is 0.200. The molecule has 0 saturated heterocycles. The van der Waals surface area contributed by atoms with E-state index < -0.39 is 0 Å². The maximum Gasteiger partial charge on any atom is 0.255 e. The molecule has 0 unspecified atom stereocenters. The first-order valence-electron chi connectivity index (χ1n) is 8.39. The molecule has 1 amide bonds. The number of nitrogens with one attached hydrogen (secondary N) is 3. The van der Waals surface area contributed by atoms with Crippen molar-refractivity contribution >= 4 is 40.5 Å². The lowest BCUT2D eigenvalue weighted by Gasteiger charge is -2.30. The van der Waals surface area contributed by atoms with Gasteiger partial charge in [0.15, 0.2) is 5.11 Å². The van der Waals surface area contributed by atoms with Crippen LogP contribution in [0.5, 0.6) is 5.75 Å². The third-order valence-corrected chi connectivity index (χ3v) is 5.11. The second-order valence-electron chi connectivity index (χ2n) is 6.21. The first-order valence-corrected chi connectivity index (χ1v) is 9.18. The number of amides is 1. The molecule has 7 heteroatoms. The molecule has 0 saturated carbocycles. The molecule has 1 aliphatic rings. The Morgan fingerprint density at radius 3 is 2.56 bits per heavy atom. The zero-order chi connectivity index (χ0) is 19.6. The summed E-state index contributed by atoms with van der Waals surface area (Å²) in [5.41, 5.74) is 3.67. The van der Waals surface area contributed by atoms with Crippen LogP contribution in [-0.2, 0) is 4.79 Å². The average Bonchev–Trinajstić information content (AvgIpc) is 2.64. The molecule has 1 aliphatic heterocycles. The normalized spacial score (nSPS) is 16.4. The highest BCUT2D eigenvalue weighted by atomic mass is 35.5. The Kier molecular flexibility index (Phi) is 5.68. The van der Waals surface area contributed by atoms with E-state index in [-0.39, 0.29) is 11.9 Å². The van der Waals surface area contributed by atoms with Gasteiger partial charge in [-0.25, -0.2) is 0 Å². The Morgan fingerprint density at radius 2 is 1.89 bits per heavy atom. The van der Waals surface area contributed by atoms with Crippen LogP contribution in [0.4, 0.5) is 5.69 Å². The Labute approximate surface area is 168 Å². The van der Waals surface area contributed by atoms with E-state index in [1.165, 1.54) is 0 Å². The number of rotatable bonds is 4. The molecule has 3 rings (SSSR count). The summed E-state index contributed by atoms with van der Waals surface area (Å²) in [6.07, 6.45) is 0. The Balaban J connectivity index is 1.95.